The van der Waals surface area contributed by atoms with Crippen LogP contribution in [0, 0.1) is 0 Å². The molecule has 2 aromatic rings. The highest BCUT2D eigenvalue weighted by Gasteiger charge is 2.45. The maximum atomic E-state index is 12.8. The van der Waals surface area contributed by atoms with Crippen molar-refractivity contribution >= 4 is 29.1 Å². The van der Waals surface area contributed by atoms with Crippen LogP contribution in [0.4, 0.5) is 0 Å². The van der Waals surface area contributed by atoms with Crippen molar-refractivity contribution in [1.29, 1.82) is 0 Å². The van der Waals surface area contributed by atoms with E-state index in [9.17, 15) is 14.7 Å². The van der Waals surface area contributed by atoms with Crippen LogP contribution in [0.15, 0.2) is 60.2 Å². The minimum atomic E-state index is -0.661. The molecule has 1 saturated heterocycles. The molecule has 2 aromatic carbocycles. The van der Waals surface area contributed by atoms with Crippen LogP contribution in [0.3, 0.4) is 0 Å². The number of carbonyl (C=O) groups is 2. The van der Waals surface area contributed by atoms with E-state index >= 15 is 0 Å². The van der Waals surface area contributed by atoms with Gasteiger partial charge in [0, 0.05) is 17.1 Å². The van der Waals surface area contributed by atoms with Gasteiger partial charge < -0.3 is 14.9 Å². The van der Waals surface area contributed by atoms with E-state index in [1.807, 2.05) is 49.3 Å². The number of carbonyl (C=O) groups excluding carboxylic acids is 2. The van der Waals surface area contributed by atoms with Crippen LogP contribution in [0.25, 0.3) is 5.76 Å². The summed E-state index contributed by atoms with van der Waals surface area (Å²) in [6.45, 7) is 1.22. The van der Waals surface area contributed by atoms with E-state index in [2.05, 4.69) is 0 Å². The molecule has 6 heteroatoms. The molecule has 0 saturated carbocycles. The Balaban J connectivity index is 2.06. The highest BCUT2D eigenvalue weighted by atomic mass is 35.5. The number of amides is 1. The molecule has 1 atom stereocenters. The zero-order valence-electron chi connectivity index (χ0n) is 15.9. The average Bonchev–Trinajstić information content (AvgIpc) is 2.93. The van der Waals surface area contributed by atoms with E-state index in [0.717, 1.165) is 18.5 Å². The summed E-state index contributed by atoms with van der Waals surface area (Å²) in [5.74, 6) is -1.42. The lowest BCUT2D eigenvalue weighted by atomic mass is 9.95. The number of benzene rings is 2. The number of aliphatic hydroxyl groups is 1. The monoisotopic (exact) mass is 398 g/mol. The Morgan fingerprint density at radius 1 is 1.07 bits per heavy atom. The molecule has 1 fully saturated rings. The van der Waals surface area contributed by atoms with Crippen molar-refractivity contribution in [3.63, 3.8) is 0 Å². The molecule has 1 heterocycles. The van der Waals surface area contributed by atoms with E-state index in [-0.39, 0.29) is 11.3 Å². The molecule has 0 bridgehead atoms. The maximum Gasteiger partial charge on any atom is 0.295 e. The Bertz CT molecular complexity index is 892. The molecule has 0 aliphatic carbocycles. The number of nitrogens with zero attached hydrogens (tertiary/aromatic N) is 2. The number of Topliss-reactive ketones (excluding diaryl/α,β-unsaturated/α-hetero) is 1. The fourth-order valence-corrected chi connectivity index (χ4v) is 3.54. The van der Waals surface area contributed by atoms with E-state index in [4.69, 9.17) is 11.6 Å². The highest BCUT2D eigenvalue weighted by Crippen LogP contribution is 2.39. The summed E-state index contributed by atoms with van der Waals surface area (Å²) in [7, 11) is 3.92. The lowest BCUT2D eigenvalue weighted by molar-refractivity contribution is -0.139. The lowest BCUT2D eigenvalue weighted by Gasteiger charge is -2.26. The molecule has 1 amide bonds. The maximum absolute atomic E-state index is 12.8. The number of aliphatic hydroxyl groups excluding tert-OH is 1. The smallest absolute Gasteiger partial charge is 0.295 e. The number of hydrogen-bond acceptors (Lipinski definition) is 4. The summed E-state index contributed by atoms with van der Waals surface area (Å²) in [5, 5.41) is 11.4. The molecule has 0 spiro atoms. The van der Waals surface area contributed by atoms with Crippen molar-refractivity contribution in [3.8, 4) is 0 Å². The second-order valence-corrected chi connectivity index (χ2v) is 7.50. The molecule has 28 heavy (non-hydrogen) atoms. The summed E-state index contributed by atoms with van der Waals surface area (Å²) >= 11 is 5.93. The van der Waals surface area contributed by atoms with Gasteiger partial charge in [-0.25, -0.2) is 0 Å². The van der Waals surface area contributed by atoms with Gasteiger partial charge >= 0.3 is 0 Å². The van der Waals surface area contributed by atoms with Gasteiger partial charge in [-0.15, -0.1) is 0 Å². The third kappa shape index (κ3) is 4.11. The van der Waals surface area contributed by atoms with Gasteiger partial charge in [-0.3, -0.25) is 9.59 Å². The fourth-order valence-electron chi connectivity index (χ4n) is 3.41. The van der Waals surface area contributed by atoms with Gasteiger partial charge in [0.2, 0.25) is 0 Å². The van der Waals surface area contributed by atoms with Crippen LogP contribution < -0.4 is 0 Å². The van der Waals surface area contributed by atoms with Crippen molar-refractivity contribution in [3.05, 3.63) is 76.3 Å². The molecular weight excluding hydrogens is 376 g/mol. The number of ketones is 1. The Hall–Kier alpha value is -2.63. The van der Waals surface area contributed by atoms with Crippen molar-refractivity contribution in [1.82, 2.24) is 9.80 Å². The van der Waals surface area contributed by atoms with Crippen molar-refractivity contribution < 1.29 is 14.7 Å². The zero-order chi connectivity index (χ0) is 20.3. The van der Waals surface area contributed by atoms with Crippen LogP contribution in [-0.4, -0.2) is 53.8 Å². The summed E-state index contributed by atoms with van der Waals surface area (Å²) in [5.41, 5.74) is 1.36. The van der Waals surface area contributed by atoms with Gasteiger partial charge in [0.1, 0.15) is 5.76 Å². The molecule has 0 unspecified atom stereocenters. The SMILES string of the molecule is CN(C)CCCN1C(=O)C(=O)/C(=C(/O)c2ccc(Cl)cc2)[C@@H]1c1ccccc1. The Morgan fingerprint density at radius 3 is 2.32 bits per heavy atom. The van der Waals surface area contributed by atoms with Crippen LogP contribution in [0.5, 0.6) is 0 Å². The first kappa shape index (κ1) is 20.1. The second kappa shape index (κ2) is 8.59. The zero-order valence-corrected chi connectivity index (χ0v) is 16.7. The normalized spacial score (nSPS) is 18.9. The molecule has 3 rings (SSSR count). The standard InChI is InChI=1S/C22H23ClN2O3/c1-24(2)13-6-14-25-19(15-7-4-3-5-8-15)18(21(27)22(25)28)20(26)16-9-11-17(23)12-10-16/h3-5,7-12,19,26H,6,13-14H2,1-2H3/b20-18+/t19-/m0/s1. The van der Waals surface area contributed by atoms with Gasteiger partial charge in [0.15, 0.2) is 0 Å². The van der Waals surface area contributed by atoms with Crippen molar-refractivity contribution in [2.45, 2.75) is 12.5 Å². The average molecular weight is 399 g/mol. The fraction of sp³-hybridized carbons (Fsp3) is 0.273. The molecular formula is C22H23ClN2O3. The van der Waals surface area contributed by atoms with Crippen molar-refractivity contribution in [2.75, 3.05) is 27.2 Å². The first-order chi connectivity index (χ1) is 13.4. The highest BCUT2D eigenvalue weighted by molar-refractivity contribution is 6.46. The van der Waals surface area contributed by atoms with E-state index in [1.54, 1.807) is 29.2 Å². The predicted octanol–water partition coefficient (Wildman–Crippen LogP) is 3.71. The quantitative estimate of drug-likeness (QED) is 0.457. The number of hydrogen-bond donors (Lipinski definition) is 1. The third-order valence-corrected chi connectivity index (χ3v) is 5.03. The molecule has 0 aromatic heterocycles. The molecule has 1 aliphatic rings. The summed E-state index contributed by atoms with van der Waals surface area (Å²) < 4.78 is 0. The summed E-state index contributed by atoms with van der Waals surface area (Å²) in [4.78, 5) is 29.2. The van der Waals surface area contributed by atoms with E-state index < -0.39 is 17.7 Å². The molecule has 1 N–H and O–H groups in total. The molecule has 0 radical (unpaired) electrons. The largest absolute Gasteiger partial charge is 0.507 e. The number of rotatable bonds is 6. The second-order valence-electron chi connectivity index (χ2n) is 7.07. The molecule has 1 aliphatic heterocycles. The van der Waals surface area contributed by atoms with Gasteiger partial charge in [0.25, 0.3) is 11.7 Å². The topological polar surface area (TPSA) is 60.9 Å². The van der Waals surface area contributed by atoms with Crippen molar-refractivity contribution in [2.24, 2.45) is 0 Å². The molecule has 5 nitrogen and oxygen atoms in total. The van der Waals surface area contributed by atoms with E-state index in [1.165, 1.54) is 0 Å². The summed E-state index contributed by atoms with van der Waals surface area (Å²) in [6.07, 6.45) is 0.727. The Labute approximate surface area is 169 Å². The Morgan fingerprint density at radius 2 is 1.71 bits per heavy atom. The van der Waals surface area contributed by atoms with Crippen LogP contribution in [-0.2, 0) is 9.59 Å². The van der Waals surface area contributed by atoms with Gasteiger partial charge in [-0.2, -0.15) is 0 Å². The lowest BCUT2D eigenvalue weighted by Crippen LogP contribution is -2.32. The first-order valence-electron chi connectivity index (χ1n) is 9.14. The van der Waals surface area contributed by atoms with Crippen LogP contribution in [0.1, 0.15) is 23.6 Å². The Kier molecular flexibility index (Phi) is 6.17. The van der Waals surface area contributed by atoms with E-state index in [0.29, 0.717) is 17.1 Å². The first-order valence-corrected chi connectivity index (χ1v) is 9.52. The van der Waals surface area contributed by atoms with Gasteiger partial charge in [-0.05, 0) is 56.9 Å². The van der Waals surface area contributed by atoms with Crippen LogP contribution >= 0.6 is 11.6 Å². The minimum Gasteiger partial charge on any atom is -0.507 e. The minimum absolute atomic E-state index is 0.114. The third-order valence-electron chi connectivity index (χ3n) is 4.78. The van der Waals surface area contributed by atoms with Gasteiger partial charge in [-0.1, -0.05) is 41.9 Å². The summed E-state index contributed by atoms with van der Waals surface area (Å²) in [6, 6.07) is 15.3. The number of likely N-dealkylation sites (tertiary alicyclic amines) is 1. The van der Waals surface area contributed by atoms with Crippen LogP contribution in [0.2, 0.25) is 5.02 Å². The predicted molar refractivity (Wildman–Crippen MR) is 110 cm³/mol. The molecule has 146 valence electrons. The van der Waals surface area contributed by atoms with Gasteiger partial charge in [0.05, 0.1) is 11.6 Å². The number of halogens is 1.